The van der Waals surface area contributed by atoms with Crippen molar-refractivity contribution in [1.82, 2.24) is 14.5 Å². The predicted octanol–water partition coefficient (Wildman–Crippen LogP) is 1.33. The van der Waals surface area contributed by atoms with Crippen LogP contribution in [0.5, 0.6) is 0 Å². The van der Waals surface area contributed by atoms with Gasteiger partial charge in [0.2, 0.25) is 5.91 Å². The molecular formula is C15H17N3O2. The highest BCUT2D eigenvalue weighted by Crippen LogP contribution is 2.10. The number of hydrogen-bond donors (Lipinski definition) is 0. The Morgan fingerprint density at radius 3 is 2.70 bits per heavy atom. The summed E-state index contributed by atoms with van der Waals surface area (Å²) in [4.78, 5) is 30.9. The molecule has 0 aliphatic carbocycles. The molecule has 1 saturated heterocycles. The molecule has 20 heavy (non-hydrogen) atoms. The summed E-state index contributed by atoms with van der Waals surface area (Å²) in [7, 11) is 0. The Kier molecular flexibility index (Phi) is 3.26. The van der Waals surface area contributed by atoms with Crippen molar-refractivity contribution in [2.24, 2.45) is 0 Å². The first-order valence-corrected chi connectivity index (χ1v) is 6.91. The molecule has 1 aliphatic rings. The Morgan fingerprint density at radius 1 is 1.25 bits per heavy atom. The number of carbonyl (C=O) groups is 1. The van der Waals surface area contributed by atoms with Crippen molar-refractivity contribution in [3.05, 3.63) is 40.4 Å². The van der Waals surface area contributed by atoms with E-state index in [-0.39, 0.29) is 18.0 Å². The maximum absolute atomic E-state index is 12.5. The van der Waals surface area contributed by atoms with Gasteiger partial charge in [0.15, 0.2) is 0 Å². The Bertz CT molecular complexity index is 715. The van der Waals surface area contributed by atoms with E-state index in [1.807, 2.05) is 23.1 Å². The van der Waals surface area contributed by atoms with E-state index in [2.05, 4.69) is 4.98 Å². The van der Waals surface area contributed by atoms with Gasteiger partial charge in [-0.2, -0.15) is 0 Å². The third kappa shape index (κ3) is 2.19. The van der Waals surface area contributed by atoms with Crippen LogP contribution in [0.2, 0.25) is 0 Å². The van der Waals surface area contributed by atoms with E-state index < -0.39 is 0 Å². The number of benzene rings is 1. The number of aromatic nitrogens is 2. The molecule has 2 heterocycles. The summed E-state index contributed by atoms with van der Waals surface area (Å²) < 4.78 is 1.48. The average Bonchev–Trinajstić information content (AvgIpc) is 2.97. The molecule has 1 fully saturated rings. The smallest absolute Gasteiger partial charge is 0.261 e. The number of nitrogens with zero attached hydrogens (tertiary/aromatic N) is 3. The van der Waals surface area contributed by atoms with Crippen LogP contribution in [-0.4, -0.2) is 33.4 Å². The van der Waals surface area contributed by atoms with Crippen molar-refractivity contribution < 1.29 is 4.79 Å². The molecule has 5 heteroatoms. The maximum atomic E-state index is 12.5. The van der Waals surface area contributed by atoms with Crippen molar-refractivity contribution in [3.8, 4) is 0 Å². The van der Waals surface area contributed by atoms with Gasteiger partial charge in [-0.3, -0.25) is 14.2 Å². The van der Waals surface area contributed by atoms with Crippen LogP contribution in [0.3, 0.4) is 0 Å². The molecule has 104 valence electrons. The molecule has 1 aromatic heterocycles. The van der Waals surface area contributed by atoms with Crippen molar-refractivity contribution in [3.63, 3.8) is 0 Å². The summed E-state index contributed by atoms with van der Waals surface area (Å²) in [5.74, 6) is 0.589. The number of para-hydroxylation sites is 1. The van der Waals surface area contributed by atoms with Crippen LogP contribution in [-0.2, 0) is 11.3 Å². The molecule has 0 unspecified atom stereocenters. The summed E-state index contributed by atoms with van der Waals surface area (Å²) in [6.07, 6.45) is 2.10. The van der Waals surface area contributed by atoms with Gasteiger partial charge in [-0.1, -0.05) is 12.1 Å². The lowest BCUT2D eigenvalue weighted by Gasteiger charge is -2.17. The van der Waals surface area contributed by atoms with Crippen LogP contribution in [0.1, 0.15) is 18.7 Å². The van der Waals surface area contributed by atoms with Crippen molar-refractivity contribution in [2.75, 3.05) is 13.1 Å². The highest BCUT2D eigenvalue weighted by molar-refractivity contribution is 5.79. The fourth-order valence-electron chi connectivity index (χ4n) is 2.67. The summed E-state index contributed by atoms with van der Waals surface area (Å²) in [5.41, 5.74) is 0.542. The molecular weight excluding hydrogens is 254 g/mol. The van der Waals surface area contributed by atoms with Gasteiger partial charge in [0.05, 0.1) is 10.9 Å². The zero-order chi connectivity index (χ0) is 14.1. The molecule has 1 aliphatic heterocycles. The Balaban J connectivity index is 1.98. The molecule has 3 rings (SSSR count). The van der Waals surface area contributed by atoms with Gasteiger partial charge in [-0.05, 0) is 31.9 Å². The third-order valence-corrected chi connectivity index (χ3v) is 3.80. The number of rotatable bonds is 2. The fraction of sp³-hybridized carbons (Fsp3) is 0.400. The third-order valence-electron chi connectivity index (χ3n) is 3.80. The lowest BCUT2D eigenvalue weighted by atomic mass is 10.2. The summed E-state index contributed by atoms with van der Waals surface area (Å²) in [6, 6.07) is 7.23. The van der Waals surface area contributed by atoms with Crippen molar-refractivity contribution in [2.45, 2.75) is 26.3 Å². The second-order valence-electron chi connectivity index (χ2n) is 5.16. The minimum Gasteiger partial charge on any atom is -0.341 e. The second kappa shape index (κ2) is 5.07. The van der Waals surface area contributed by atoms with E-state index in [4.69, 9.17) is 0 Å². The predicted molar refractivity (Wildman–Crippen MR) is 76.6 cm³/mol. The zero-order valence-corrected chi connectivity index (χ0v) is 11.5. The van der Waals surface area contributed by atoms with Crippen molar-refractivity contribution in [1.29, 1.82) is 0 Å². The normalized spacial score (nSPS) is 14.9. The lowest BCUT2D eigenvalue weighted by Crippen LogP contribution is -2.35. The maximum Gasteiger partial charge on any atom is 0.261 e. The van der Waals surface area contributed by atoms with E-state index >= 15 is 0 Å². The highest BCUT2D eigenvalue weighted by atomic mass is 16.2. The molecule has 1 aromatic carbocycles. The Morgan fingerprint density at radius 2 is 1.95 bits per heavy atom. The molecule has 0 spiro atoms. The number of hydrogen-bond acceptors (Lipinski definition) is 3. The molecule has 0 bridgehead atoms. The van der Waals surface area contributed by atoms with Gasteiger partial charge in [-0.25, -0.2) is 4.98 Å². The van der Waals surface area contributed by atoms with Gasteiger partial charge >= 0.3 is 0 Å². The molecule has 0 saturated carbocycles. The molecule has 1 amide bonds. The first-order valence-electron chi connectivity index (χ1n) is 6.91. The van der Waals surface area contributed by atoms with Crippen LogP contribution in [0, 0.1) is 6.92 Å². The first-order chi connectivity index (χ1) is 9.66. The standard InChI is InChI=1S/C15H17N3O2/c1-11-16-13-7-3-2-6-12(13)15(20)18(11)10-14(19)17-8-4-5-9-17/h2-3,6-7H,4-5,8-10H2,1H3. The van der Waals surface area contributed by atoms with Crippen molar-refractivity contribution >= 4 is 16.8 Å². The number of amides is 1. The Labute approximate surface area is 116 Å². The van der Waals surface area contributed by atoms with E-state index in [9.17, 15) is 9.59 Å². The quantitative estimate of drug-likeness (QED) is 0.828. The van der Waals surface area contributed by atoms with E-state index in [1.165, 1.54) is 4.57 Å². The molecule has 0 atom stereocenters. The first kappa shape index (κ1) is 12.8. The lowest BCUT2D eigenvalue weighted by molar-refractivity contribution is -0.130. The van der Waals surface area contributed by atoms with E-state index in [0.29, 0.717) is 16.7 Å². The van der Waals surface area contributed by atoms with Crippen LogP contribution < -0.4 is 5.56 Å². The average molecular weight is 271 g/mol. The van der Waals surface area contributed by atoms with Gasteiger partial charge < -0.3 is 4.90 Å². The zero-order valence-electron chi connectivity index (χ0n) is 11.5. The monoisotopic (exact) mass is 271 g/mol. The van der Waals surface area contributed by atoms with Gasteiger partial charge in [0.1, 0.15) is 12.4 Å². The fourth-order valence-corrected chi connectivity index (χ4v) is 2.67. The second-order valence-corrected chi connectivity index (χ2v) is 5.16. The van der Waals surface area contributed by atoms with Crippen LogP contribution in [0.25, 0.3) is 10.9 Å². The molecule has 0 N–H and O–H groups in total. The van der Waals surface area contributed by atoms with Gasteiger partial charge in [0, 0.05) is 13.1 Å². The summed E-state index contributed by atoms with van der Waals surface area (Å²) in [6.45, 7) is 3.45. The number of aryl methyl sites for hydroxylation is 1. The van der Waals surface area contributed by atoms with Gasteiger partial charge in [0.25, 0.3) is 5.56 Å². The number of fused-ring (bicyclic) bond motifs is 1. The number of carbonyl (C=O) groups excluding carboxylic acids is 1. The minimum atomic E-state index is -0.138. The van der Waals surface area contributed by atoms with Crippen LogP contribution in [0.15, 0.2) is 29.1 Å². The van der Waals surface area contributed by atoms with Gasteiger partial charge in [-0.15, -0.1) is 0 Å². The van der Waals surface area contributed by atoms with Crippen LogP contribution in [0.4, 0.5) is 0 Å². The summed E-state index contributed by atoms with van der Waals surface area (Å²) in [5, 5.41) is 0.562. The largest absolute Gasteiger partial charge is 0.341 e. The van der Waals surface area contributed by atoms with E-state index in [0.717, 1.165) is 25.9 Å². The molecule has 5 nitrogen and oxygen atoms in total. The van der Waals surface area contributed by atoms with Crippen LogP contribution >= 0.6 is 0 Å². The molecule has 0 radical (unpaired) electrons. The highest BCUT2D eigenvalue weighted by Gasteiger charge is 2.19. The Hall–Kier alpha value is -2.17. The SMILES string of the molecule is Cc1nc2ccccc2c(=O)n1CC(=O)N1CCCC1. The summed E-state index contributed by atoms with van der Waals surface area (Å²) >= 11 is 0. The van der Waals surface area contributed by atoms with E-state index in [1.54, 1.807) is 13.0 Å². The topological polar surface area (TPSA) is 55.2 Å². The molecule has 2 aromatic rings. The minimum absolute atomic E-state index is 0.00443. The number of likely N-dealkylation sites (tertiary alicyclic amines) is 1.